The van der Waals surface area contributed by atoms with E-state index in [0.29, 0.717) is 6.54 Å². The van der Waals surface area contributed by atoms with Crippen LogP contribution in [-0.2, 0) is 11.3 Å². The van der Waals surface area contributed by atoms with E-state index < -0.39 is 5.97 Å². The van der Waals surface area contributed by atoms with E-state index in [2.05, 4.69) is 15.6 Å². The van der Waals surface area contributed by atoms with E-state index in [4.69, 9.17) is 9.84 Å². The standard InChI is InChI=1S/C11H20N4O3/c1-18-8-4-2-3-5-12-6-7-15-9-10(11(16)17)13-14-15/h9,12H,2-8H2,1H3,(H,16,17). The van der Waals surface area contributed by atoms with Gasteiger partial charge in [-0.05, 0) is 25.8 Å². The molecule has 0 aliphatic carbocycles. The van der Waals surface area contributed by atoms with Crippen LogP contribution in [0.5, 0.6) is 0 Å². The molecule has 0 fully saturated rings. The van der Waals surface area contributed by atoms with Crippen LogP contribution in [0.4, 0.5) is 0 Å². The first-order valence-electron chi connectivity index (χ1n) is 6.07. The third-order valence-corrected chi connectivity index (χ3v) is 2.48. The second-order valence-corrected chi connectivity index (χ2v) is 3.98. The van der Waals surface area contributed by atoms with Crippen molar-refractivity contribution in [2.75, 3.05) is 26.8 Å². The third-order valence-electron chi connectivity index (χ3n) is 2.48. The first-order valence-corrected chi connectivity index (χ1v) is 6.07. The molecule has 7 nitrogen and oxygen atoms in total. The lowest BCUT2D eigenvalue weighted by molar-refractivity contribution is 0.0690. The number of hydrogen-bond donors (Lipinski definition) is 2. The molecule has 0 saturated heterocycles. The van der Waals surface area contributed by atoms with Gasteiger partial charge in [-0.25, -0.2) is 4.79 Å². The van der Waals surface area contributed by atoms with E-state index in [1.807, 2.05) is 0 Å². The zero-order chi connectivity index (χ0) is 13.2. The molecule has 1 heterocycles. The fourth-order valence-corrected chi connectivity index (χ4v) is 1.50. The number of hydrogen-bond acceptors (Lipinski definition) is 5. The van der Waals surface area contributed by atoms with Crippen molar-refractivity contribution < 1.29 is 14.6 Å². The number of methoxy groups -OCH3 is 1. The smallest absolute Gasteiger partial charge is 0.358 e. The Kier molecular flexibility index (Phi) is 6.97. The number of nitrogens with zero attached hydrogens (tertiary/aromatic N) is 3. The maximum absolute atomic E-state index is 10.6. The summed E-state index contributed by atoms with van der Waals surface area (Å²) in [7, 11) is 1.71. The third kappa shape index (κ3) is 5.74. The molecule has 1 aromatic heterocycles. The maximum atomic E-state index is 10.6. The molecular formula is C11H20N4O3. The molecule has 102 valence electrons. The molecular weight excluding hydrogens is 236 g/mol. The monoisotopic (exact) mass is 256 g/mol. The molecule has 1 aromatic rings. The summed E-state index contributed by atoms with van der Waals surface area (Å²) in [4.78, 5) is 10.6. The van der Waals surface area contributed by atoms with E-state index >= 15 is 0 Å². The molecule has 0 radical (unpaired) electrons. The van der Waals surface area contributed by atoms with Gasteiger partial charge in [0, 0.05) is 20.3 Å². The molecule has 7 heteroatoms. The number of ether oxygens (including phenoxy) is 1. The summed E-state index contributed by atoms with van der Waals surface area (Å²) in [5.41, 5.74) is -0.0189. The largest absolute Gasteiger partial charge is 0.476 e. The Morgan fingerprint density at radius 1 is 1.44 bits per heavy atom. The molecule has 2 N–H and O–H groups in total. The number of carbonyl (C=O) groups is 1. The van der Waals surface area contributed by atoms with E-state index in [-0.39, 0.29) is 5.69 Å². The van der Waals surface area contributed by atoms with Crippen LogP contribution in [0.2, 0.25) is 0 Å². The van der Waals surface area contributed by atoms with Crippen LogP contribution in [-0.4, -0.2) is 52.9 Å². The van der Waals surface area contributed by atoms with Crippen LogP contribution >= 0.6 is 0 Å². The fourth-order valence-electron chi connectivity index (χ4n) is 1.50. The van der Waals surface area contributed by atoms with Gasteiger partial charge in [-0.1, -0.05) is 5.21 Å². The van der Waals surface area contributed by atoms with Crippen LogP contribution in [0.25, 0.3) is 0 Å². The topological polar surface area (TPSA) is 89.3 Å². The van der Waals surface area contributed by atoms with Crippen molar-refractivity contribution in [3.63, 3.8) is 0 Å². The van der Waals surface area contributed by atoms with Crippen molar-refractivity contribution in [1.29, 1.82) is 0 Å². The lowest BCUT2D eigenvalue weighted by Gasteiger charge is -2.04. The van der Waals surface area contributed by atoms with Gasteiger partial charge in [-0.15, -0.1) is 5.10 Å². The number of rotatable bonds is 10. The average molecular weight is 256 g/mol. The highest BCUT2D eigenvalue weighted by atomic mass is 16.5. The molecule has 0 unspecified atom stereocenters. The summed E-state index contributed by atoms with van der Waals surface area (Å²) in [6, 6.07) is 0. The number of carboxylic acid groups (broad SMARTS) is 1. The van der Waals surface area contributed by atoms with Crippen molar-refractivity contribution in [1.82, 2.24) is 20.3 Å². The predicted octanol–water partition coefficient (Wildman–Crippen LogP) is 0.383. The molecule has 0 spiro atoms. The molecule has 0 atom stereocenters. The van der Waals surface area contributed by atoms with Crippen molar-refractivity contribution >= 4 is 5.97 Å². The van der Waals surface area contributed by atoms with Crippen LogP contribution in [0, 0.1) is 0 Å². The number of unbranched alkanes of at least 4 members (excludes halogenated alkanes) is 2. The molecule has 0 aliphatic rings. The van der Waals surface area contributed by atoms with Gasteiger partial charge in [0.2, 0.25) is 0 Å². The van der Waals surface area contributed by atoms with Crippen LogP contribution in [0.1, 0.15) is 29.8 Å². The predicted molar refractivity (Wildman–Crippen MR) is 65.6 cm³/mol. The Bertz CT molecular complexity index is 354. The van der Waals surface area contributed by atoms with Crippen molar-refractivity contribution in [3.05, 3.63) is 11.9 Å². The normalized spacial score (nSPS) is 10.7. The summed E-state index contributed by atoms with van der Waals surface area (Å²) in [5, 5.41) is 19.2. The van der Waals surface area contributed by atoms with Gasteiger partial charge < -0.3 is 15.2 Å². The van der Waals surface area contributed by atoms with E-state index in [0.717, 1.165) is 39.0 Å². The Balaban J connectivity index is 2.02. The van der Waals surface area contributed by atoms with Gasteiger partial charge in [0.25, 0.3) is 0 Å². The lowest BCUT2D eigenvalue weighted by Crippen LogP contribution is -2.21. The maximum Gasteiger partial charge on any atom is 0.358 e. The Labute approximate surface area is 106 Å². The Morgan fingerprint density at radius 2 is 2.28 bits per heavy atom. The van der Waals surface area contributed by atoms with Gasteiger partial charge in [-0.3, -0.25) is 4.68 Å². The first kappa shape index (κ1) is 14.6. The first-order chi connectivity index (χ1) is 8.74. The second kappa shape index (κ2) is 8.60. The highest BCUT2D eigenvalue weighted by molar-refractivity contribution is 5.84. The van der Waals surface area contributed by atoms with E-state index in [9.17, 15) is 4.79 Å². The molecule has 1 rings (SSSR count). The van der Waals surface area contributed by atoms with E-state index in [1.165, 1.54) is 10.9 Å². The van der Waals surface area contributed by atoms with Gasteiger partial charge in [-0.2, -0.15) is 0 Å². The van der Waals surface area contributed by atoms with Crippen LogP contribution < -0.4 is 5.32 Å². The molecule has 0 aliphatic heterocycles. The summed E-state index contributed by atoms with van der Waals surface area (Å²) >= 11 is 0. The van der Waals surface area contributed by atoms with Gasteiger partial charge in [0.1, 0.15) is 0 Å². The second-order valence-electron chi connectivity index (χ2n) is 3.98. The molecule has 18 heavy (non-hydrogen) atoms. The van der Waals surface area contributed by atoms with E-state index in [1.54, 1.807) is 7.11 Å². The number of carboxylic acids is 1. The molecule has 0 bridgehead atoms. The number of aromatic carboxylic acids is 1. The quantitative estimate of drug-likeness (QED) is 0.588. The zero-order valence-electron chi connectivity index (χ0n) is 10.6. The molecule has 0 aromatic carbocycles. The highest BCUT2D eigenvalue weighted by Gasteiger charge is 2.07. The van der Waals surface area contributed by atoms with Crippen LogP contribution in [0.3, 0.4) is 0 Å². The zero-order valence-corrected chi connectivity index (χ0v) is 10.6. The molecule has 0 saturated carbocycles. The fraction of sp³-hybridized carbons (Fsp3) is 0.727. The number of aromatic nitrogens is 3. The minimum Gasteiger partial charge on any atom is -0.476 e. The van der Waals surface area contributed by atoms with Crippen molar-refractivity contribution in [2.45, 2.75) is 25.8 Å². The SMILES string of the molecule is COCCCCCNCCn1cc(C(=O)O)nn1. The Hall–Kier alpha value is -1.47. The summed E-state index contributed by atoms with van der Waals surface area (Å²) in [5.74, 6) is -1.05. The van der Waals surface area contributed by atoms with Crippen LogP contribution in [0.15, 0.2) is 6.20 Å². The molecule has 0 amide bonds. The van der Waals surface area contributed by atoms with Gasteiger partial charge in [0.15, 0.2) is 5.69 Å². The summed E-state index contributed by atoms with van der Waals surface area (Å²) in [6.45, 7) is 3.15. The minimum absolute atomic E-state index is 0.0189. The summed E-state index contributed by atoms with van der Waals surface area (Å²) < 4.78 is 6.49. The van der Waals surface area contributed by atoms with Gasteiger partial charge >= 0.3 is 5.97 Å². The average Bonchev–Trinajstić information content (AvgIpc) is 2.81. The van der Waals surface area contributed by atoms with Crippen molar-refractivity contribution in [2.24, 2.45) is 0 Å². The Morgan fingerprint density at radius 3 is 2.94 bits per heavy atom. The van der Waals surface area contributed by atoms with Gasteiger partial charge in [0.05, 0.1) is 12.7 Å². The lowest BCUT2D eigenvalue weighted by atomic mass is 10.2. The summed E-state index contributed by atoms with van der Waals surface area (Å²) in [6.07, 6.45) is 4.78. The van der Waals surface area contributed by atoms with Crippen molar-refractivity contribution in [3.8, 4) is 0 Å². The highest BCUT2D eigenvalue weighted by Crippen LogP contribution is 1.94. The number of nitrogens with one attached hydrogen (secondary N) is 1. The minimum atomic E-state index is -1.05.